The smallest absolute Gasteiger partial charge is 0.305 e. The molecule has 0 radical (unpaired) electrons. The molecule has 0 aromatic rings. The van der Waals surface area contributed by atoms with Crippen molar-refractivity contribution < 1.29 is 14.7 Å². The van der Waals surface area contributed by atoms with E-state index in [2.05, 4.69) is 5.32 Å². The summed E-state index contributed by atoms with van der Waals surface area (Å²) in [6, 6.07) is 1.35. The van der Waals surface area contributed by atoms with Crippen molar-refractivity contribution in [1.82, 2.24) is 10.2 Å². The number of carbonyl (C=O) groups is 2. The van der Waals surface area contributed by atoms with Crippen molar-refractivity contribution in [2.75, 3.05) is 19.6 Å². The first kappa shape index (κ1) is 11.5. The fourth-order valence-electron chi connectivity index (χ4n) is 1.61. The van der Waals surface area contributed by atoms with Crippen LogP contribution in [0.2, 0.25) is 0 Å². The van der Waals surface area contributed by atoms with E-state index < -0.39 is 12.0 Å². The quantitative estimate of drug-likeness (QED) is 0.633. The SMILES string of the molecule is N#CCCN1CCNC(=O)C1CC(=O)O. The van der Waals surface area contributed by atoms with Gasteiger partial charge >= 0.3 is 5.97 Å². The second kappa shape index (κ2) is 5.32. The minimum atomic E-state index is -1.00. The van der Waals surface area contributed by atoms with Crippen molar-refractivity contribution in [2.45, 2.75) is 18.9 Å². The van der Waals surface area contributed by atoms with E-state index in [0.29, 0.717) is 26.1 Å². The highest BCUT2D eigenvalue weighted by Gasteiger charge is 2.30. The number of piperazine rings is 1. The average Bonchev–Trinajstić information content (AvgIpc) is 2.18. The molecule has 1 amide bonds. The lowest BCUT2D eigenvalue weighted by Crippen LogP contribution is -2.56. The Hall–Kier alpha value is -1.61. The fourth-order valence-corrected chi connectivity index (χ4v) is 1.61. The van der Waals surface area contributed by atoms with Crippen LogP contribution in [0.4, 0.5) is 0 Å². The molecule has 2 N–H and O–H groups in total. The van der Waals surface area contributed by atoms with E-state index in [-0.39, 0.29) is 12.3 Å². The number of aliphatic carboxylic acids is 1. The molecule has 82 valence electrons. The molecule has 1 rings (SSSR count). The third kappa shape index (κ3) is 3.22. The summed E-state index contributed by atoms with van der Waals surface area (Å²) in [7, 11) is 0. The van der Waals surface area contributed by atoms with E-state index in [4.69, 9.17) is 10.4 Å². The highest BCUT2D eigenvalue weighted by Crippen LogP contribution is 2.09. The Labute approximate surface area is 87.5 Å². The van der Waals surface area contributed by atoms with Crippen LogP contribution in [0, 0.1) is 11.3 Å². The first-order valence-electron chi connectivity index (χ1n) is 4.75. The molecule has 1 saturated heterocycles. The molecule has 0 aromatic heterocycles. The molecule has 15 heavy (non-hydrogen) atoms. The minimum absolute atomic E-state index is 0.211. The van der Waals surface area contributed by atoms with Gasteiger partial charge in [0.25, 0.3) is 0 Å². The fraction of sp³-hybridized carbons (Fsp3) is 0.667. The standard InChI is InChI=1S/C9H13N3O3/c10-2-1-4-12-5-3-11-9(15)7(12)6-8(13)14/h7H,1,3-6H2,(H,11,15)(H,13,14). The number of hydrogen-bond acceptors (Lipinski definition) is 4. The Kier molecular flexibility index (Phi) is 4.06. The molecule has 0 bridgehead atoms. The number of nitrogens with one attached hydrogen (secondary N) is 1. The zero-order valence-electron chi connectivity index (χ0n) is 8.27. The van der Waals surface area contributed by atoms with E-state index in [1.54, 1.807) is 4.90 Å². The van der Waals surface area contributed by atoms with Crippen LogP contribution in [0.25, 0.3) is 0 Å². The van der Waals surface area contributed by atoms with E-state index in [1.807, 2.05) is 6.07 Å². The van der Waals surface area contributed by atoms with Crippen LogP contribution in [-0.2, 0) is 9.59 Å². The molecule has 6 nitrogen and oxygen atoms in total. The zero-order chi connectivity index (χ0) is 11.3. The summed E-state index contributed by atoms with van der Waals surface area (Å²) in [4.78, 5) is 23.7. The summed E-state index contributed by atoms with van der Waals surface area (Å²) in [5, 5.41) is 19.7. The summed E-state index contributed by atoms with van der Waals surface area (Å²) in [6.45, 7) is 1.56. The lowest BCUT2D eigenvalue weighted by molar-refractivity contribution is -0.143. The number of amides is 1. The third-order valence-corrected chi connectivity index (χ3v) is 2.32. The topological polar surface area (TPSA) is 93.4 Å². The van der Waals surface area contributed by atoms with Gasteiger partial charge in [0, 0.05) is 26.1 Å². The van der Waals surface area contributed by atoms with Crippen molar-refractivity contribution in [3.8, 4) is 6.07 Å². The van der Waals surface area contributed by atoms with Gasteiger partial charge in [0.1, 0.15) is 0 Å². The summed E-state index contributed by atoms with van der Waals surface area (Å²) in [6.07, 6.45) is 0.0979. The molecule has 1 aliphatic heterocycles. The molecule has 6 heteroatoms. The van der Waals surface area contributed by atoms with Gasteiger partial charge in [-0.05, 0) is 0 Å². The van der Waals surface area contributed by atoms with Crippen LogP contribution < -0.4 is 5.32 Å². The number of carboxylic acids is 1. The molecule has 0 aliphatic carbocycles. The highest BCUT2D eigenvalue weighted by atomic mass is 16.4. The normalized spacial score (nSPS) is 21.8. The van der Waals surface area contributed by atoms with Crippen LogP contribution in [-0.4, -0.2) is 47.6 Å². The molecule has 1 fully saturated rings. The number of nitriles is 1. The van der Waals surface area contributed by atoms with Crippen LogP contribution in [0.5, 0.6) is 0 Å². The van der Waals surface area contributed by atoms with Crippen LogP contribution in [0.3, 0.4) is 0 Å². The molecule has 1 atom stereocenters. The second-order valence-electron chi connectivity index (χ2n) is 3.35. The van der Waals surface area contributed by atoms with Crippen molar-refractivity contribution >= 4 is 11.9 Å². The Balaban J connectivity index is 2.60. The summed E-state index contributed by atoms with van der Waals surface area (Å²) in [5.41, 5.74) is 0. The predicted molar refractivity (Wildman–Crippen MR) is 50.9 cm³/mol. The first-order valence-corrected chi connectivity index (χ1v) is 4.75. The van der Waals surface area contributed by atoms with Gasteiger partial charge in [0.2, 0.25) is 5.91 Å². The van der Waals surface area contributed by atoms with Crippen molar-refractivity contribution in [3.05, 3.63) is 0 Å². The van der Waals surface area contributed by atoms with Crippen LogP contribution in [0.15, 0.2) is 0 Å². The van der Waals surface area contributed by atoms with Crippen molar-refractivity contribution in [1.29, 1.82) is 5.26 Å². The number of hydrogen-bond donors (Lipinski definition) is 2. The molecule has 0 saturated carbocycles. The van der Waals surface area contributed by atoms with Gasteiger partial charge in [-0.15, -0.1) is 0 Å². The summed E-state index contributed by atoms with van der Waals surface area (Å²) in [5.74, 6) is -1.26. The number of carbonyl (C=O) groups excluding carboxylic acids is 1. The highest BCUT2D eigenvalue weighted by molar-refractivity contribution is 5.86. The van der Waals surface area contributed by atoms with E-state index in [1.165, 1.54) is 0 Å². The van der Waals surface area contributed by atoms with Gasteiger partial charge in [0.15, 0.2) is 0 Å². The van der Waals surface area contributed by atoms with Crippen molar-refractivity contribution in [2.24, 2.45) is 0 Å². The zero-order valence-corrected chi connectivity index (χ0v) is 8.27. The largest absolute Gasteiger partial charge is 0.481 e. The second-order valence-corrected chi connectivity index (χ2v) is 3.35. The molecule has 1 heterocycles. The van der Waals surface area contributed by atoms with Gasteiger partial charge < -0.3 is 10.4 Å². The molecule has 0 spiro atoms. The third-order valence-electron chi connectivity index (χ3n) is 2.32. The molecular weight excluding hydrogens is 198 g/mol. The van der Waals surface area contributed by atoms with Crippen LogP contribution in [0.1, 0.15) is 12.8 Å². The Bertz CT molecular complexity index is 297. The minimum Gasteiger partial charge on any atom is -0.481 e. The van der Waals surface area contributed by atoms with Crippen molar-refractivity contribution in [3.63, 3.8) is 0 Å². The Morgan fingerprint density at radius 1 is 1.73 bits per heavy atom. The maximum Gasteiger partial charge on any atom is 0.305 e. The maximum absolute atomic E-state index is 11.4. The number of nitrogens with zero attached hydrogens (tertiary/aromatic N) is 2. The average molecular weight is 211 g/mol. The first-order chi connectivity index (χ1) is 7.15. The summed E-state index contributed by atoms with van der Waals surface area (Å²) >= 11 is 0. The van der Waals surface area contributed by atoms with E-state index >= 15 is 0 Å². The van der Waals surface area contributed by atoms with E-state index in [9.17, 15) is 9.59 Å². The molecule has 1 unspecified atom stereocenters. The lowest BCUT2D eigenvalue weighted by Gasteiger charge is -2.33. The number of rotatable bonds is 4. The molecular formula is C9H13N3O3. The molecule has 1 aliphatic rings. The monoisotopic (exact) mass is 211 g/mol. The van der Waals surface area contributed by atoms with Gasteiger partial charge in [-0.2, -0.15) is 5.26 Å². The molecule has 0 aromatic carbocycles. The lowest BCUT2D eigenvalue weighted by atomic mass is 10.1. The van der Waals surface area contributed by atoms with E-state index in [0.717, 1.165) is 0 Å². The van der Waals surface area contributed by atoms with Gasteiger partial charge in [-0.3, -0.25) is 14.5 Å². The summed E-state index contributed by atoms with van der Waals surface area (Å²) < 4.78 is 0. The predicted octanol–water partition coefficient (Wildman–Crippen LogP) is -0.825. The van der Waals surface area contributed by atoms with Gasteiger partial charge in [-0.25, -0.2) is 0 Å². The number of carboxylic acid groups (broad SMARTS) is 1. The Morgan fingerprint density at radius 2 is 2.47 bits per heavy atom. The van der Waals surface area contributed by atoms with Gasteiger partial charge in [0.05, 0.1) is 18.5 Å². The van der Waals surface area contributed by atoms with Gasteiger partial charge in [-0.1, -0.05) is 0 Å². The van der Waals surface area contributed by atoms with Crippen LogP contribution >= 0.6 is 0 Å². The Morgan fingerprint density at radius 3 is 3.07 bits per heavy atom. The maximum atomic E-state index is 11.4.